The molecule has 1 N–H and O–H groups in total. The number of halogens is 2. The second-order valence-corrected chi connectivity index (χ2v) is 11.5. The number of morpholine rings is 1. The highest BCUT2D eigenvalue weighted by Gasteiger charge is 2.27. The van der Waals surface area contributed by atoms with Crippen LogP contribution in [0.5, 0.6) is 0 Å². The Balaban J connectivity index is 1.46. The number of fused-ring (bicyclic) bond motifs is 1. The summed E-state index contributed by atoms with van der Waals surface area (Å²) in [6, 6.07) is 8.75. The van der Waals surface area contributed by atoms with Crippen molar-refractivity contribution in [1.29, 1.82) is 0 Å². The number of benzene rings is 1. The molecule has 0 unspecified atom stereocenters. The Morgan fingerprint density at radius 1 is 1.11 bits per heavy atom. The average Bonchev–Trinajstić information content (AvgIpc) is 3.30. The van der Waals surface area contributed by atoms with Gasteiger partial charge in [0.2, 0.25) is 5.95 Å². The molecule has 0 atom stereocenters. The van der Waals surface area contributed by atoms with Gasteiger partial charge in [-0.25, -0.2) is 22.2 Å². The molecular formula is C25H30F2N6O3S. The molecule has 2 aromatic heterocycles. The molecule has 3 heterocycles. The number of anilines is 2. The predicted molar refractivity (Wildman–Crippen MR) is 138 cm³/mol. The Hall–Kier alpha value is -3.12. The van der Waals surface area contributed by atoms with E-state index in [4.69, 9.17) is 9.72 Å². The van der Waals surface area contributed by atoms with Crippen molar-refractivity contribution in [2.45, 2.75) is 38.2 Å². The Kier molecular flexibility index (Phi) is 7.38. The number of sulfone groups is 1. The highest BCUT2D eigenvalue weighted by atomic mass is 32.2. The van der Waals surface area contributed by atoms with Gasteiger partial charge in [-0.15, -0.1) is 0 Å². The fourth-order valence-corrected chi connectivity index (χ4v) is 6.15. The minimum Gasteiger partial charge on any atom is -0.378 e. The van der Waals surface area contributed by atoms with Gasteiger partial charge in [0.1, 0.15) is 11.6 Å². The normalized spacial score (nSPS) is 20.9. The molecule has 0 amide bonds. The lowest BCUT2D eigenvalue weighted by molar-refractivity contribution is 0.122. The molecule has 12 heteroatoms. The van der Waals surface area contributed by atoms with E-state index in [0.29, 0.717) is 54.9 Å². The quantitative estimate of drug-likeness (QED) is 0.462. The SMILES string of the molecule is C=CS(=O)(=O)CC1CCC(Nc2cc(-n3c(C(F)F)nc4ccccc43)nc(N3CCOCC3)n2)CC1. The lowest BCUT2D eigenvalue weighted by Crippen LogP contribution is -2.37. The molecule has 5 rings (SSSR count). The van der Waals surface area contributed by atoms with E-state index < -0.39 is 16.3 Å². The van der Waals surface area contributed by atoms with Gasteiger partial charge in [-0.3, -0.25) is 4.57 Å². The van der Waals surface area contributed by atoms with E-state index in [-0.39, 0.29) is 23.5 Å². The van der Waals surface area contributed by atoms with E-state index in [1.165, 1.54) is 4.57 Å². The molecule has 1 aliphatic heterocycles. The van der Waals surface area contributed by atoms with Gasteiger partial charge in [-0.1, -0.05) is 18.7 Å². The number of ether oxygens (including phenoxy) is 1. The molecule has 0 spiro atoms. The first-order valence-electron chi connectivity index (χ1n) is 12.4. The summed E-state index contributed by atoms with van der Waals surface area (Å²) in [5.41, 5.74) is 1.01. The third-order valence-corrected chi connectivity index (χ3v) is 8.37. The monoisotopic (exact) mass is 532 g/mol. The standard InChI is InChI=1S/C25H30F2N6O3S/c1-2-37(34,35)16-17-7-9-18(10-8-17)28-21-15-22(31-25(30-21)32-11-13-36-14-12-32)33-20-6-4-3-5-19(20)29-24(33)23(26)27/h2-6,15,17-18,23H,1,7-14,16H2,(H,28,30,31). The zero-order valence-corrected chi connectivity index (χ0v) is 21.2. The molecule has 1 saturated heterocycles. The van der Waals surface area contributed by atoms with Gasteiger partial charge in [0.25, 0.3) is 6.43 Å². The maximum Gasteiger partial charge on any atom is 0.296 e. The fraction of sp³-hybridized carbons (Fsp3) is 0.480. The van der Waals surface area contributed by atoms with Gasteiger partial charge in [-0.2, -0.15) is 9.97 Å². The van der Waals surface area contributed by atoms with Crippen molar-refractivity contribution in [2.75, 3.05) is 42.3 Å². The van der Waals surface area contributed by atoms with Crippen molar-refractivity contribution in [1.82, 2.24) is 19.5 Å². The van der Waals surface area contributed by atoms with Gasteiger partial charge in [0, 0.05) is 30.6 Å². The molecule has 0 bridgehead atoms. The minimum absolute atomic E-state index is 0.0806. The summed E-state index contributed by atoms with van der Waals surface area (Å²) in [6.45, 7) is 5.66. The maximum atomic E-state index is 14.0. The first kappa shape index (κ1) is 25.5. The molecule has 2 fully saturated rings. The lowest BCUT2D eigenvalue weighted by Gasteiger charge is -2.30. The van der Waals surface area contributed by atoms with Crippen molar-refractivity contribution in [3.05, 3.63) is 48.1 Å². The zero-order valence-electron chi connectivity index (χ0n) is 20.4. The summed E-state index contributed by atoms with van der Waals surface area (Å²) < 4.78 is 58.8. The summed E-state index contributed by atoms with van der Waals surface area (Å²) in [6.07, 6.45) is 0.300. The number of nitrogens with one attached hydrogen (secondary N) is 1. The third-order valence-electron chi connectivity index (χ3n) is 6.93. The predicted octanol–water partition coefficient (Wildman–Crippen LogP) is 4.12. The summed E-state index contributed by atoms with van der Waals surface area (Å²) in [7, 11) is -3.24. The van der Waals surface area contributed by atoms with Crippen LogP contribution < -0.4 is 10.2 Å². The van der Waals surface area contributed by atoms with Gasteiger partial charge in [0.05, 0.1) is 30.0 Å². The van der Waals surface area contributed by atoms with Crippen molar-refractivity contribution >= 4 is 32.6 Å². The van der Waals surface area contributed by atoms with E-state index in [9.17, 15) is 17.2 Å². The highest BCUT2D eigenvalue weighted by Crippen LogP contribution is 2.31. The maximum absolute atomic E-state index is 14.0. The fourth-order valence-electron chi connectivity index (χ4n) is 5.03. The zero-order chi connectivity index (χ0) is 26.0. The van der Waals surface area contributed by atoms with E-state index in [1.807, 2.05) is 4.90 Å². The smallest absolute Gasteiger partial charge is 0.296 e. The Morgan fingerprint density at radius 2 is 1.84 bits per heavy atom. The van der Waals surface area contributed by atoms with Crippen LogP contribution in [0.3, 0.4) is 0 Å². The van der Waals surface area contributed by atoms with E-state index in [1.54, 1.807) is 30.3 Å². The molecule has 2 aliphatic rings. The van der Waals surface area contributed by atoms with E-state index in [2.05, 4.69) is 21.9 Å². The van der Waals surface area contributed by atoms with Gasteiger partial charge >= 0.3 is 0 Å². The Labute approximate surface area is 214 Å². The average molecular weight is 533 g/mol. The molecule has 0 radical (unpaired) electrons. The van der Waals surface area contributed by atoms with Crippen LogP contribution in [0.4, 0.5) is 20.5 Å². The van der Waals surface area contributed by atoms with Crippen LogP contribution >= 0.6 is 0 Å². The molecule has 198 valence electrons. The molecular weight excluding hydrogens is 502 g/mol. The van der Waals surface area contributed by atoms with Crippen molar-refractivity contribution in [2.24, 2.45) is 5.92 Å². The van der Waals surface area contributed by atoms with Crippen molar-refractivity contribution in [3.63, 3.8) is 0 Å². The van der Waals surface area contributed by atoms with Crippen LogP contribution in [0, 0.1) is 5.92 Å². The number of hydrogen-bond acceptors (Lipinski definition) is 8. The second kappa shape index (κ2) is 10.7. The van der Waals surface area contributed by atoms with Crippen molar-refractivity contribution in [3.8, 4) is 5.82 Å². The summed E-state index contributed by atoms with van der Waals surface area (Å²) in [5, 5.41) is 4.49. The Bertz CT molecular complexity index is 1370. The number of imidazole rings is 1. The summed E-state index contributed by atoms with van der Waals surface area (Å²) in [4.78, 5) is 15.6. The van der Waals surface area contributed by atoms with E-state index in [0.717, 1.165) is 31.1 Å². The largest absolute Gasteiger partial charge is 0.378 e. The van der Waals surface area contributed by atoms with E-state index >= 15 is 0 Å². The van der Waals surface area contributed by atoms with Gasteiger partial charge in [-0.05, 0) is 43.7 Å². The number of rotatable bonds is 8. The number of hydrogen-bond donors (Lipinski definition) is 1. The van der Waals surface area contributed by atoms with Crippen LogP contribution in [0.2, 0.25) is 0 Å². The first-order chi connectivity index (χ1) is 17.8. The molecule has 3 aromatic rings. The molecule has 37 heavy (non-hydrogen) atoms. The second-order valence-electron chi connectivity index (χ2n) is 9.46. The van der Waals surface area contributed by atoms with Crippen LogP contribution in [0.15, 0.2) is 42.3 Å². The highest BCUT2D eigenvalue weighted by molar-refractivity contribution is 7.94. The molecule has 1 aromatic carbocycles. The van der Waals surface area contributed by atoms with Crippen molar-refractivity contribution < 1.29 is 21.9 Å². The molecule has 1 aliphatic carbocycles. The molecule has 1 saturated carbocycles. The number of nitrogens with zero attached hydrogens (tertiary/aromatic N) is 5. The third kappa shape index (κ3) is 5.74. The lowest BCUT2D eigenvalue weighted by atomic mass is 9.87. The molecule has 9 nitrogen and oxygen atoms in total. The van der Waals surface area contributed by atoms with Gasteiger partial charge in [0.15, 0.2) is 15.7 Å². The Morgan fingerprint density at radius 3 is 2.54 bits per heavy atom. The summed E-state index contributed by atoms with van der Waals surface area (Å²) in [5.74, 6) is 1.12. The first-order valence-corrected chi connectivity index (χ1v) is 14.1. The van der Waals surface area contributed by atoms with Gasteiger partial charge < -0.3 is 15.0 Å². The van der Waals surface area contributed by atoms with Crippen LogP contribution in [0.1, 0.15) is 37.9 Å². The minimum atomic E-state index is -3.24. The van der Waals surface area contributed by atoms with Crippen LogP contribution in [0.25, 0.3) is 16.9 Å². The number of alkyl halides is 2. The number of aromatic nitrogens is 4. The number of para-hydroxylation sites is 2. The topological polar surface area (TPSA) is 102 Å². The van der Waals surface area contributed by atoms with Crippen LogP contribution in [-0.2, 0) is 14.6 Å². The van der Waals surface area contributed by atoms with Crippen LogP contribution in [-0.4, -0.2) is 66.0 Å². The summed E-state index contributed by atoms with van der Waals surface area (Å²) >= 11 is 0.